The second-order valence-corrected chi connectivity index (χ2v) is 8.13. The van der Waals surface area contributed by atoms with Crippen LogP contribution in [-0.4, -0.2) is 56.7 Å². The Hall–Kier alpha value is -2.08. The molecule has 2 saturated heterocycles. The first-order chi connectivity index (χ1) is 13.1. The van der Waals surface area contributed by atoms with E-state index < -0.39 is 0 Å². The Balaban J connectivity index is 1.50. The van der Waals surface area contributed by atoms with Gasteiger partial charge in [-0.25, -0.2) is 0 Å². The van der Waals surface area contributed by atoms with Gasteiger partial charge in [0.2, 0.25) is 5.91 Å². The van der Waals surface area contributed by atoms with Crippen molar-refractivity contribution in [2.45, 2.75) is 25.7 Å². The fraction of sp³-hybridized carbons (Fsp3) is 0.619. The van der Waals surface area contributed by atoms with Crippen LogP contribution in [-0.2, 0) is 9.53 Å². The van der Waals surface area contributed by atoms with Crippen LogP contribution in [0.1, 0.15) is 36.0 Å². The quantitative estimate of drug-likeness (QED) is 0.859. The summed E-state index contributed by atoms with van der Waals surface area (Å²) < 4.78 is 10.7. The summed E-state index contributed by atoms with van der Waals surface area (Å²) in [5, 5.41) is 3.14. The lowest BCUT2D eigenvalue weighted by molar-refractivity contribution is -0.129. The number of amides is 2. The Labute approximate surface area is 160 Å². The van der Waals surface area contributed by atoms with E-state index in [0.717, 1.165) is 25.1 Å². The third-order valence-corrected chi connectivity index (χ3v) is 6.34. The molecule has 0 unspecified atom stereocenters. The summed E-state index contributed by atoms with van der Waals surface area (Å²) in [5.74, 6) is 1.32. The molecule has 1 aromatic carbocycles. The Bertz CT molecular complexity index is 693. The largest absolute Gasteiger partial charge is 0.497 e. The highest BCUT2D eigenvalue weighted by molar-refractivity contribution is 5.95. The zero-order valence-electron chi connectivity index (χ0n) is 15.9. The van der Waals surface area contributed by atoms with Gasteiger partial charge in [0.05, 0.1) is 13.0 Å². The Morgan fingerprint density at radius 3 is 2.56 bits per heavy atom. The first kappa shape index (κ1) is 18.3. The molecular formula is C21H28N2O4. The van der Waals surface area contributed by atoms with Gasteiger partial charge in [-0.3, -0.25) is 9.59 Å². The van der Waals surface area contributed by atoms with E-state index in [2.05, 4.69) is 5.32 Å². The molecule has 1 aliphatic carbocycles. The van der Waals surface area contributed by atoms with Crippen LogP contribution in [0.3, 0.4) is 0 Å². The van der Waals surface area contributed by atoms with E-state index in [4.69, 9.17) is 9.47 Å². The van der Waals surface area contributed by atoms with Gasteiger partial charge in [-0.1, -0.05) is 0 Å². The fourth-order valence-corrected chi connectivity index (χ4v) is 4.38. The summed E-state index contributed by atoms with van der Waals surface area (Å²) >= 11 is 0. The summed E-state index contributed by atoms with van der Waals surface area (Å²) in [6, 6.07) is 7.18. The summed E-state index contributed by atoms with van der Waals surface area (Å²) in [7, 11) is 1.61. The first-order valence-corrected chi connectivity index (χ1v) is 9.90. The minimum Gasteiger partial charge on any atom is -0.497 e. The lowest BCUT2D eigenvalue weighted by Crippen LogP contribution is -2.44. The van der Waals surface area contributed by atoms with Crippen molar-refractivity contribution in [3.8, 4) is 5.75 Å². The average Bonchev–Trinajstić information content (AvgIpc) is 3.47. The summed E-state index contributed by atoms with van der Waals surface area (Å²) in [5.41, 5.74) is 0.477. The zero-order valence-corrected chi connectivity index (χ0v) is 15.9. The lowest BCUT2D eigenvalue weighted by Gasteiger charge is -2.37. The summed E-state index contributed by atoms with van der Waals surface area (Å²) in [6.45, 7) is 3.21. The maximum Gasteiger partial charge on any atom is 0.253 e. The molecule has 1 spiro atoms. The number of ether oxygens (including phenoxy) is 2. The third-order valence-electron chi connectivity index (χ3n) is 6.34. The van der Waals surface area contributed by atoms with E-state index in [-0.39, 0.29) is 23.1 Å². The van der Waals surface area contributed by atoms with Crippen LogP contribution < -0.4 is 10.1 Å². The molecule has 0 radical (unpaired) electrons. The minimum atomic E-state index is -0.159. The SMILES string of the molecule is COc1ccc(C(=O)N2C[C@H](C(=O)NCC3CC3)C3(CCOCC3)C2)cc1. The molecule has 0 aromatic heterocycles. The van der Waals surface area contributed by atoms with E-state index >= 15 is 0 Å². The van der Waals surface area contributed by atoms with Crippen LogP contribution in [0.5, 0.6) is 5.75 Å². The number of nitrogens with zero attached hydrogens (tertiary/aromatic N) is 1. The maximum absolute atomic E-state index is 13.0. The number of carbonyl (C=O) groups excluding carboxylic acids is 2. The molecule has 0 bridgehead atoms. The van der Waals surface area contributed by atoms with Crippen LogP contribution in [0.15, 0.2) is 24.3 Å². The summed E-state index contributed by atoms with van der Waals surface area (Å²) in [4.78, 5) is 27.8. The molecule has 1 saturated carbocycles. The topological polar surface area (TPSA) is 67.9 Å². The number of nitrogens with one attached hydrogen (secondary N) is 1. The molecule has 2 heterocycles. The monoisotopic (exact) mass is 372 g/mol. The van der Waals surface area contributed by atoms with E-state index in [9.17, 15) is 9.59 Å². The van der Waals surface area contributed by atoms with Crippen molar-refractivity contribution in [1.82, 2.24) is 10.2 Å². The molecular weight excluding hydrogens is 344 g/mol. The number of hydrogen-bond donors (Lipinski definition) is 1. The highest BCUT2D eigenvalue weighted by Crippen LogP contribution is 2.45. The predicted octanol–water partition coefficient (Wildman–Crippen LogP) is 2.09. The van der Waals surface area contributed by atoms with Gasteiger partial charge in [-0.05, 0) is 55.9 Å². The third kappa shape index (κ3) is 3.81. The molecule has 1 aromatic rings. The van der Waals surface area contributed by atoms with Crippen molar-refractivity contribution in [2.75, 3.05) is 40.0 Å². The number of benzene rings is 1. The molecule has 4 rings (SSSR count). The highest BCUT2D eigenvalue weighted by atomic mass is 16.5. The average molecular weight is 372 g/mol. The van der Waals surface area contributed by atoms with Gasteiger partial charge in [0.15, 0.2) is 0 Å². The van der Waals surface area contributed by atoms with Crippen LogP contribution in [0.25, 0.3) is 0 Å². The number of hydrogen-bond acceptors (Lipinski definition) is 4. The number of methoxy groups -OCH3 is 1. The van der Waals surface area contributed by atoms with Crippen LogP contribution in [0, 0.1) is 17.3 Å². The number of carbonyl (C=O) groups is 2. The van der Waals surface area contributed by atoms with Crippen molar-refractivity contribution in [3.05, 3.63) is 29.8 Å². The Kier molecular flexibility index (Phi) is 5.08. The second kappa shape index (κ2) is 7.50. The number of likely N-dealkylation sites (tertiary alicyclic amines) is 1. The van der Waals surface area contributed by atoms with Gasteiger partial charge >= 0.3 is 0 Å². The molecule has 6 nitrogen and oxygen atoms in total. The highest BCUT2D eigenvalue weighted by Gasteiger charge is 2.51. The van der Waals surface area contributed by atoms with Crippen LogP contribution in [0.4, 0.5) is 0 Å². The van der Waals surface area contributed by atoms with Gasteiger partial charge in [0.25, 0.3) is 5.91 Å². The van der Waals surface area contributed by atoms with Crippen LogP contribution >= 0.6 is 0 Å². The van der Waals surface area contributed by atoms with Crippen molar-refractivity contribution in [1.29, 1.82) is 0 Å². The van der Waals surface area contributed by atoms with Crippen molar-refractivity contribution in [3.63, 3.8) is 0 Å². The van der Waals surface area contributed by atoms with Crippen molar-refractivity contribution in [2.24, 2.45) is 17.3 Å². The van der Waals surface area contributed by atoms with Gasteiger partial charge in [-0.15, -0.1) is 0 Å². The summed E-state index contributed by atoms with van der Waals surface area (Å²) in [6.07, 6.45) is 4.10. The predicted molar refractivity (Wildman–Crippen MR) is 101 cm³/mol. The standard InChI is InChI=1S/C21H28N2O4/c1-26-17-6-4-16(5-7-17)20(25)23-13-18(19(24)22-12-15-2-3-15)21(14-23)8-10-27-11-9-21/h4-7,15,18H,2-3,8-14H2,1H3,(H,22,24)/t18-/m1/s1. The molecule has 27 heavy (non-hydrogen) atoms. The van der Waals surface area contributed by atoms with Crippen molar-refractivity contribution < 1.29 is 19.1 Å². The van der Waals surface area contributed by atoms with Gasteiger partial charge in [0.1, 0.15) is 5.75 Å². The molecule has 2 aliphatic heterocycles. The Morgan fingerprint density at radius 1 is 1.22 bits per heavy atom. The second-order valence-electron chi connectivity index (χ2n) is 8.13. The molecule has 1 atom stereocenters. The minimum absolute atomic E-state index is 0.0130. The molecule has 3 fully saturated rings. The van der Waals surface area contributed by atoms with E-state index in [1.807, 2.05) is 4.90 Å². The Morgan fingerprint density at radius 2 is 1.93 bits per heavy atom. The van der Waals surface area contributed by atoms with Crippen LogP contribution in [0.2, 0.25) is 0 Å². The molecule has 1 N–H and O–H groups in total. The maximum atomic E-state index is 13.0. The van der Waals surface area contributed by atoms with E-state index in [1.54, 1.807) is 31.4 Å². The lowest BCUT2D eigenvalue weighted by atomic mass is 9.71. The first-order valence-electron chi connectivity index (χ1n) is 9.90. The van der Waals surface area contributed by atoms with Gasteiger partial charge < -0.3 is 19.7 Å². The smallest absolute Gasteiger partial charge is 0.253 e. The molecule has 6 heteroatoms. The molecule has 2 amide bonds. The van der Waals surface area contributed by atoms with Crippen molar-refractivity contribution >= 4 is 11.8 Å². The van der Waals surface area contributed by atoms with Gasteiger partial charge in [0, 0.05) is 43.8 Å². The van der Waals surface area contributed by atoms with E-state index in [0.29, 0.717) is 37.8 Å². The fourth-order valence-electron chi connectivity index (χ4n) is 4.38. The number of rotatable bonds is 5. The van der Waals surface area contributed by atoms with Gasteiger partial charge in [-0.2, -0.15) is 0 Å². The zero-order chi connectivity index (χ0) is 18.9. The molecule has 146 valence electrons. The molecule has 3 aliphatic rings. The normalized spacial score (nSPS) is 24.0. The van der Waals surface area contributed by atoms with E-state index in [1.165, 1.54) is 12.8 Å².